The number of hydrogen-bond donors (Lipinski definition) is 0. The van der Waals surface area contributed by atoms with Gasteiger partial charge < -0.3 is 4.90 Å². The number of aromatic nitrogens is 2. The molecule has 1 saturated heterocycles. The molecule has 0 unspecified atom stereocenters. The van der Waals surface area contributed by atoms with Crippen LogP contribution < -0.4 is 4.90 Å². The lowest BCUT2D eigenvalue weighted by atomic mass is 10.2. The molecule has 3 heteroatoms. The lowest BCUT2D eigenvalue weighted by Crippen LogP contribution is -2.19. The van der Waals surface area contributed by atoms with Crippen LogP contribution in [-0.2, 0) is 0 Å². The minimum atomic E-state index is 0.788. The first-order valence-electron chi connectivity index (χ1n) is 7.15. The highest BCUT2D eigenvalue weighted by Crippen LogP contribution is 2.19. The summed E-state index contributed by atoms with van der Waals surface area (Å²) in [5.74, 6) is 1.85. The van der Waals surface area contributed by atoms with Crippen LogP contribution in [-0.4, -0.2) is 23.1 Å². The normalized spacial score (nSPS) is 15.2. The Morgan fingerprint density at radius 2 is 1.75 bits per heavy atom. The molecule has 0 atom stereocenters. The molecule has 3 nitrogen and oxygen atoms in total. The monoisotopic (exact) mass is 265 g/mol. The molecule has 0 saturated carbocycles. The lowest BCUT2D eigenvalue weighted by molar-refractivity contribution is 0.915. The van der Waals surface area contributed by atoms with Gasteiger partial charge in [-0.05, 0) is 31.4 Å². The van der Waals surface area contributed by atoms with E-state index >= 15 is 0 Å². The standard InChI is InChI=1S/C17H19N3/c1-14-13-17(20-11-5-6-12-20)19-16(18-14)10-9-15-7-3-2-4-8-15/h2-4,7-10,13H,5-6,11-12H2,1H3/b10-9+. The zero-order valence-electron chi connectivity index (χ0n) is 11.8. The Morgan fingerprint density at radius 1 is 1.00 bits per heavy atom. The van der Waals surface area contributed by atoms with Gasteiger partial charge in [-0.1, -0.05) is 36.4 Å². The molecular formula is C17H19N3. The molecule has 102 valence electrons. The smallest absolute Gasteiger partial charge is 0.154 e. The van der Waals surface area contributed by atoms with Gasteiger partial charge in [0.15, 0.2) is 5.82 Å². The first kappa shape index (κ1) is 12.9. The zero-order valence-corrected chi connectivity index (χ0v) is 11.8. The second kappa shape index (κ2) is 5.87. The van der Waals surface area contributed by atoms with Crippen LogP contribution in [0.2, 0.25) is 0 Å². The zero-order chi connectivity index (χ0) is 13.8. The van der Waals surface area contributed by atoms with E-state index in [0.29, 0.717) is 0 Å². The van der Waals surface area contributed by atoms with Crippen LogP contribution in [0.1, 0.15) is 29.9 Å². The quantitative estimate of drug-likeness (QED) is 0.849. The van der Waals surface area contributed by atoms with Crippen LogP contribution in [0.5, 0.6) is 0 Å². The second-order valence-electron chi connectivity index (χ2n) is 5.16. The molecule has 0 bridgehead atoms. The predicted octanol–water partition coefficient (Wildman–Crippen LogP) is 3.56. The fourth-order valence-corrected chi connectivity index (χ4v) is 2.49. The molecule has 3 rings (SSSR count). The van der Waals surface area contributed by atoms with Crippen molar-refractivity contribution in [2.45, 2.75) is 19.8 Å². The van der Waals surface area contributed by atoms with E-state index in [2.05, 4.69) is 39.1 Å². The van der Waals surface area contributed by atoms with Crippen molar-refractivity contribution < 1.29 is 0 Å². The topological polar surface area (TPSA) is 29.0 Å². The van der Waals surface area contributed by atoms with Crippen LogP contribution >= 0.6 is 0 Å². The molecule has 1 aliphatic heterocycles. The average Bonchev–Trinajstić information content (AvgIpc) is 3.00. The van der Waals surface area contributed by atoms with E-state index in [0.717, 1.165) is 30.4 Å². The number of aryl methyl sites for hydroxylation is 1. The summed E-state index contributed by atoms with van der Waals surface area (Å²) < 4.78 is 0. The Morgan fingerprint density at radius 3 is 2.50 bits per heavy atom. The summed E-state index contributed by atoms with van der Waals surface area (Å²) in [7, 11) is 0. The summed E-state index contributed by atoms with van der Waals surface area (Å²) in [5.41, 5.74) is 2.19. The van der Waals surface area contributed by atoms with E-state index in [-0.39, 0.29) is 0 Å². The second-order valence-corrected chi connectivity index (χ2v) is 5.16. The van der Waals surface area contributed by atoms with E-state index in [1.807, 2.05) is 31.2 Å². The van der Waals surface area contributed by atoms with Crippen molar-refractivity contribution in [3.8, 4) is 0 Å². The molecule has 1 aromatic carbocycles. The first-order valence-corrected chi connectivity index (χ1v) is 7.15. The molecule has 1 fully saturated rings. The molecule has 20 heavy (non-hydrogen) atoms. The Balaban J connectivity index is 1.84. The van der Waals surface area contributed by atoms with E-state index in [9.17, 15) is 0 Å². The predicted molar refractivity (Wildman–Crippen MR) is 83.6 cm³/mol. The van der Waals surface area contributed by atoms with Crippen LogP contribution in [0.3, 0.4) is 0 Å². The summed E-state index contributed by atoms with van der Waals surface area (Å²) in [6, 6.07) is 12.3. The van der Waals surface area contributed by atoms with E-state index in [4.69, 9.17) is 0 Å². The van der Waals surface area contributed by atoms with Crippen LogP contribution in [0.4, 0.5) is 5.82 Å². The van der Waals surface area contributed by atoms with E-state index in [1.54, 1.807) is 0 Å². The molecule has 2 aromatic rings. The molecule has 1 aromatic heterocycles. The van der Waals surface area contributed by atoms with Crippen molar-refractivity contribution in [1.29, 1.82) is 0 Å². The van der Waals surface area contributed by atoms with Crippen LogP contribution in [0.15, 0.2) is 36.4 Å². The van der Waals surface area contributed by atoms with E-state index in [1.165, 1.54) is 18.4 Å². The van der Waals surface area contributed by atoms with Crippen molar-refractivity contribution in [2.24, 2.45) is 0 Å². The third-order valence-corrected chi connectivity index (χ3v) is 3.51. The van der Waals surface area contributed by atoms with Gasteiger partial charge >= 0.3 is 0 Å². The molecule has 0 radical (unpaired) electrons. The van der Waals surface area contributed by atoms with Gasteiger partial charge in [-0.3, -0.25) is 0 Å². The molecule has 0 spiro atoms. The molecule has 0 amide bonds. The number of hydrogen-bond acceptors (Lipinski definition) is 3. The fourth-order valence-electron chi connectivity index (χ4n) is 2.49. The molecule has 0 aliphatic carbocycles. The summed E-state index contributed by atoms with van der Waals surface area (Å²) in [6.07, 6.45) is 6.57. The third-order valence-electron chi connectivity index (χ3n) is 3.51. The number of anilines is 1. The maximum Gasteiger partial charge on any atom is 0.154 e. The van der Waals surface area contributed by atoms with Crippen molar-refractivity contribution in [1.82, 2.24) is 9.97 Å². The number of benzene rings is 1. The summed E-state index contributed by atoms with van der Waals surface area (Å²) in [6.45, 7) is 4.25. The SMILES string of the molecule is Cc1cc(N2CCCC2)nc(/C=C/c2ccccc2)n1. The summed E-state index contributed by atoms with van der Waals surface area (Å²) >= 11 is 0. The van der Waals surface area contributed by atoms with Crippen molar-refractivity contribution in [2.75, 3.05) is 18.0 Å². The largest absolute Gasteiger partial charge is 0.356 e. The highest BCUT2D eigenvalue weighted by atomic mass is 15.2. The summed E-state index contributed by atoms with van der Waals surface area (Å²) in [5, 5.41) is 0. The van der Waals surface area contributed by atoms with Crippen LogP contribution in [0.25, 0.3) is 12.2 Å². The maximum absolute atomic E-state index is 4.66. The molecular weight excluding hydrogens is 246 g/mol. The molecule has 1 aliphatic rings. The number of nitrogens with zero attached hydrogens (tertiary/aromatic N) is 3. The minimum Gasteiger partial charge on any atom is -0.356 e. The fraction of sp³-hybridized carbons (Fsp3) is 0.294. The van der Waals surface area contributed by atoms with Crippen LogP contribution in [0, 0.1) is 6.92 Å². The highest BCUT2D eigenvalue weighted by Gasteiger charge is 2.14. The Hall–Kier alpha value is -2.16. The van der Waals surface area contributed by atoms with Gasteiger partial charge in [-0.2, -0.15) is 0 Å². The van der Waals surface area contributed by atoms with Crippen molar-refractivity contribution in [3.05, 3.63) is 53.5 Å². The van der Waals surface area contributed by atoms with Crippen molar-refractivity contribution >= 4 is 18.0 Å². The average molecular weight is 265 g/mol. The van der Waals surface area contributed by atoms with Gasteiger partial charge in [0.05, 0.1) is 0 Å². The van der Waals surface area contributed by atoms with Gasteiger partial charge in [0, 0.05) is 24.8 Å². The van der Waals surface area contributed by atoms with Gasteiger partial charge in [0.1, 0.15) is 5.82 Å². The van der Waals surface area contributed by atoms with Gasteiger partial charge in [-0.25, -0.2) is 9.97 Å². The maximum atomic E-state index is 4.66. The Bertz CT molecular complexity index is 599. The lowest BCUT2D eigenvalue weighted by Gasteiger charge is -2.16. The van der Waals surface area contributed by atoms with Gasteiger partial charge in [-0.15, -0.1) is 0 Å². The Labute approximate surface area is 120 Å². The summed E-state index contributed by atoms with van der Waals surface area (Å²) in [4.78, 5) is 11.5. The minimum absolute atomic E-state index is 0.788. The third kappa shape index (κ3) is 3.05. The van der Waals surface area contributed by atoms with Gasteiger partial charge in [0.2, 0.25) is 0 Å². The molecule has 2 heterocycles. The molecule has 0 N–H and O–H groups in total. The highest BCUT2D eigenvalue weighted by molar-refractivity contribution is 5.67. The Kier molecular flexibility index (Phi) is 3.77. The number of rotatable bonds is 3. The van der Waals surface area contributed by atoms with E-state index < -0.39 is 0 Å². The van der Waals surface area contributed by atoms with Gasteiger partial charge in [0.25, 0.3) is 0 Å². The first-order chi connectivity index (χ1) is 9.81. The van der Waals surface area contributed by atoms with Crippen molar-refractivity contribution in [3.63, 3.8) is 0 Å².